The second kappa shape index (κ2) is 5.61. The molecular weight excluding hydrogens is 296 g/mol. The van der Waals surface area contributed by atoms with Crippen molar-refractivity contribution in [2.45, 2.75) is 39.2 Å². The van der Waals surface area contributed by atoms with E-state index in [1.165, 1.54) is 0 Å². The van der Waals surface area contributed by atoms with Gasteiger partial charge in [-0.2, -0.15) is 0 Å². The molecule has 2 saturated heterocycles. The summed E-state index contributed by atoms with van der Waals surface area (Å²) in [6.07, 6.45) is 6.22. The zero-order chi connectivity index (χ0) is 16.7. The summed E-state index contributed by atoms with van der Waals surface area (Å²) in [4.78, 5) is 49.4. The van der Waals surface area contributed by atoms with Crippen molar-refractivity contribution in [3.63, 3.8) is 0 Å². The molecule has 23 heavy (non-hydrogen) atoms. The molecule has 2 aliphatic heterocycles. The van der Waals surface area contributed by atoms with Crippen LogP contribution in [0, 0.1) is 5.92 Å². The standard InChI is InChI=1S/C17H18N2O4/c1-9(2)10-3-5-11-12(6-4-10)17(23)19(16(11)22)13-7-8-14(20)18-15(13)21/h3,5-6,9,13H,4,7-8H2,1-2H3,(H,18,20,21). The van der Waals surface area contributed by atoms with Crippen LogP contribution in [0.4, 0.5) is 0 Å². The van der Waals surface area contributed by atoms with Crippen molar-refractivity contribution < 1.29 is 19.2 Å². The maximum atomic E-state index is 12.6. The van der Waals surface area contributed by atoms with Gasteiger partial charge in [-0.1, -0.05) is 31.6 Å². The van der Waals surface area contributed by atoms with Gasteiger partial charge in [0.1, 0.15) is 6.04 Å². The van der Waals surface area contributed by atoms with Crippen LogP contribution < -0.4 is 5.32 Å². The highest BCUT2D eigenvalue weighted by atomic mass is 16.2. The molecule has 1 atom stereocenters. The van der Waals surface area contributed by atoms with Crippen LogP contribution >= 0.6 is 0 Å². The van der Waals surface area contributed by atoms with E-state index >= 15 is 0 Å². The van der Waals surface area contributed by atoms with Gasteiger partial charge >= 0.3 is 0 Å². The Morgan fingerprint density at radius 3 is 2.43 bits per heavy atom. The molecule has 4 amide bonds. The smallest absolute Gasteiger partial charge is 0.262 e. The fourth-order valence-corrected chi connectivity index (χ4v) is 3.06. The van der Waals surface area contributed by atoms with E-state index in [1.54, 1.807) is 12.2 Å². The van der Waals surface area contributed by atoms with Crippen molar-refractivity contribution in [1.82, 2.24) is 10.2 Å². The number of allylic oxidation sites excluding steroid dienone is 4. The van der Waals surface area contributed by atoms with E-state index in [1.807, 2.05) is 6.08 Å². The van der Waals surface area contributed by atoms with Gasteiger partial charge in [-0.05, 0) is 24.8 Å². The molecule has 6 nitrogen and oxygen atoms in total. The first-order chi connectivity index (χ1) is 10.9. The Labute approximate surface area is 133 Å². The number of nitrogens with one attached hydrogen (secondary N) is 1. The molecule has 3 aliphatic rings. The number of hydrogen-bond donors (Lipinski definition) is 1. The summed E-state index contributed by atoms with van der Waals surface area (Å²) < 4.78 is 0. The highest BCUT2D eigenvalue weighted by Gasteiger charge is 2.46. The average Bonchev–Trinajstić information content (AvgIpc) is 2.67. The number of carbonyl (C=O) groups excluding carboxylic acids is 4. The zero-order valence-corrected chi connectivity index (χ0v) is 13.1. The molecule has 2 heterocycles. The number of imide groups is 2. The van der Waals surface area contributed by atoms with Crippen LogP contribution in [0.3, 0.4) is 0 Å². The summed E-state index contributed by atoms with van der Waals surface area (Å²) in [6.45, 7) is 4.12. The quantitative estimate of drug-likeness (QED) is 0.771. The number of likely N-dealkylation sites (tertiary alicyclic amines) is 1. The first kappa shape index (κ1) is 15.4. The fraction of sp³-hybridized carbons (Fsp3) is 0.412. The minimum atomic E-state index is -0.907. The van der Waals surface area contributed by atoms with Gasteiger partial charge in [-0.15, -0.1) is 0 Å². The van der Waals surface area contributed by atoms with Crippen LogP contribution in [-0.2, 0) is 19.2 Å². The Hall–Kier alpha value is -2.50. The van der Waals surface area contributed by atoms with E-state index in [9.17, 15) is 19.2 Å². The molecule has 1 unspecified atom stereocenters. The Balaban J connectivity index is 1.93. The molecule has 0 bridgehead atoms. The molecule has 1 aliphatic carbocycles. The Bertz CT molecular complexity index is 712. The van der Waals surface area contributed by atoms with E-state index in [0.29, 0.717) is 23.5 Å². The average molecular weight is 314 g/mol. The highest BCUT2D eigenvalue weighted by molar-refractivity contribution is 6.26. The maximum Gasteiger partial charge on any atom is 0.262 e. The molecule has 0 saturated carbocycles. The van der Waals surface area contributed by atoms with Crippen LogP contribution in [0.2, 0.25) is 0 Å². The van der Waals surface area contributed by atoms with E-state index in [2.05, 4.69) is 19.2 Å². The lowest BCUT2D eigenvalue weighted by Crippen LogP contribution is -2.54. The molecule has 0 spiro atoms. The number of amides is 4. The van der Waals surface area contributed by atoms with E-state index < -0.39 is 23.8 Å². The number of nitrogens with zero attached hydrogens (tertiary/aromatic N) is 1. The molecule has 0 aromatic carbocycles. The Kier molecular flexibility index (Phi) is 3.75. The van der Waals surface area contributed by atoms with Crippen LogP contribution in [0.15, 0.2) is 34.9 Å². The molecule has 0 aromatic rings. The van der Waals surface area contributed by atoms with Crippen LogP contribution in [0.25, 0.3) is 0 Å². The molecule has 3 rings (SSSR count). The lowest BCUT2D eigenvalue weighted by molar-refractivity contribution is -0.149. The Morgan fingerprint density at radius 1 is 1.09 bits per heavy atom. The van der Waals surface area contributed by atoms with Gasteiger partial charge < -0.3 is 0 Å². The van der Waals surface area contributed by atoms with Crippen molar-refractivity contribution in [3.8, 4) is 0 Å². The lowest BCUT2D eigenvalue weighted by Gasteiger charge is -2.27. The maximum absolute atomic E-state index is 12.6. The summed E-state index contributed by atoms with van der Waals surface area (Å²) in [7, 11) is 0. The minimum Gasteiger partial charge on any atom is -0.295 e. The van der Waals surface area contributed by atoms with E-state index in [4.69, 9.17) is 0 Å². The van der Waals surface area contributed by atoms with Crippen LogP contribution in [0.5, 0.6) is 0 Å². The van der Waals surface area contributed by atoms with Crippen molar-refractivity contribution >= 4 is 23.6 Å². The van der Waals surface area contributed by atoms with Crippen LogP contribution in [0.1, 0.15) is 33.1 Å². The van der Waals surface area contributed by atoms with Crippen molar-refractivity contribution in [3.05, 3.63) is 34.9 Å². The number of hydrogen-bond acceptors (Lipinski definition) is 4. The van der Waals surface area contributed by atoms with Crippen LogP contribution in [-0.4, -0.2) is 34.6 Å². The molecular formula is C17H18N2O4. The Morgan fingerprint density at radius 2 is 1.78 bits per heavy atom. The monoisotopic (exact) mass is 314 g/mol. The number of carbonyl (C=O) groups is 4. The SMILES string of the molecule is CC(C)C1=CC=C2C(=O)N(C3CCC(=O)NC3=O)C(=O)C2=CC1. The summed E-state index contributed by atoms with van der Waals surface area (Å²) in [5.41, 5.74) is 1.83. The number of piperidine rings is 1. The first-order valence-electron chi connectivity index (χ1n) is 7.73. The largest absolute Gasteiger partial charge is 0.295 e. The lowest BCUT2D eigenvalue weighted by atomic mass is 9.99. The van der Waals surface area contributed by atoms with Crippen molar-refractivity contribution in [2.24, 2.45) is 5.92 Å². The first-order valence-corrected chi connectivity index (χ1v) is 7.73. The third-order valence-corrected chi connectivity index (χ3v) is 4.46. The van der Waals surface area contributed by atoms with Gasteiger partial charge in [0.05, 0.1) is 5.57 Å². The number of fused-ring (bicyclic) bond motifs is 1. The van der Waals surface area contributed by atoms with E-state index in [-0.39, 0.29) is 18.7 Å². The predicted molar refractivity (Wildman–Crippen MR) is 81.7 cm³/mol. The normalized spacial score (nSPS) is 24.9. The summed E-state index contributed by atoms with van der Waals surface area (Å²) in [5.74, 6) is -1.54. The summed E-state index contributed by atoms with van der Waals surface area (Å²) in [6, 6.07) is -0.907. The van der Waals surface area contributed by atoms with Gasteiger partial charge in [0.25, 0.3) is 11.8 Å². The molecule has 0 aromatic heterocycles. The third-order valence-electron chi connectivity index (χ3n) is 4.46. The predicted octanol–water partition coefficient (Wildman–Crippen LogP) is 0.999. The highest BCUT2D eigenvalue weighted by Crippen LogP contribution is 2.32. The van der Waals surface area contributed by atoms with Gasteiger partial charge in [-0.3, -0.25) is 29.4 Å². The van der Waals surface area contributed by atoms with Gasteiger partial charge in [0.15, 0.2) is 0 Å². The van der Waals surface area contributed by atoms with Gasteiger partial charge in [-0.25, -0.2) is 0 Å². The number of rotatable bonds is 2. The summed E-state index contributed by atoms with van der Waals surface area (Å²) in [5, 5.41) is 2.19. The molecule has 1 N–H and O–H groups in total. The topological polar surface area (TPSA) is 83.6 Å². The van der Waals surface area contributed by atoms with Gasteiger partial charge in [0, 0.05) is 12.0 Å². The second-order valence-corrected chi connectivity index (χ2v) is 6.25. The van der Waals surface area contributed by atoms with Crippen molar-refractivity contribution in [1.29, 1.82) is 0 Å². The second-order valence-electron chi connectivity index (χ2n) is 6.25. The molecule has 0 radical (unpaired) electrons. The minimum absolute atomic E-state index is 0.128. The summed E-state index contributed by atoms with van der Waals surface area (Å²) >= 11 is 0. The van der Waals surface area contributed by atoms with Crippen molar-refractivity contribution in [2.75, 3.05) is 0 Å². The fourth-order valence-electron chi connectivity index (χ4n) is 3.06. The molecule has 2 fully saturated rings. The molecule has 6 heteroatoms. The molecule has 120 valence electrons. The zero-order valence-electron chi connectivity index (χ0n) is 13.1. The van der Waals surface area contributed by atoms with E-state index in [0.717, 1.165) is 10.5 Å². The third kappa shape index (κ3) is 2.54. The van der Waals surface area contributed by atoms with Gasteiger partial charge in [0.2, 0.25) is 11.8 Å².